The van der Waals surface area contributed by atoms with Crippen molar-refractivity contribution in [1.82, 2.24) is 10.6 Å². The molecule has 29 heavy (non-hydrogen) atoms. The highest BCUT2D eigenvalue weighted by molar-refractivity contribution is 6.08. The van der Waals surface area contributed by atoms with E-state index < -0.39 is 5.54 Å². The van der Waals surface area contributed by atoms with Crippen LogP contribution in [0.15, 0.2) is 54.6 Å². The van der Waals surface area contributed by atoms with Crippen LogP contribution >= 0.6 is 0 Å². The second kappa shape index (κ2) is 8.25. The Morgan fingerprint density at radius 1 is 1.10 bits per heavy atom. The summed E-state index contributed by atoms with van der Waals surface area (Å²) >= 11 is 0. The van der Waals surface area contributed by atoms with E-state index in [1.807, 2.05) is 61.5 Å². The monoisotopic (exact) mass is 392 g/mol. The lowest BCUT2D eigenvalue weighted by Crippen LogP contribution is -2.61. The predicted molar refractivity (Wildman–Crippen MR) is 115 cm³/mol. The molecule has 6 heteroatoms. The van der Waals surface area contributed by atoms with Crippen molar-refractivity contribution in [3.8, 4) is 0 Å². The first kappa shape index (κ1) is 19.5. The number of benzene rings is 2. The van der Waals surface area contributed by atoms with Gasteiger partial charge in [0.15, 0.2) is 0 Å². The first-order chi connectivity index (χ1) is 14.1. The van der Waals surface area contributed by atoms with Gasteiger partial charge in [0, 0.05) is 13.0 Å². The maximum Gasteiger partial charge on any atom is 0.252 e. The summed E-state index contributed by atoms with van der Waals surface area (Å²) in [5, 5.41) is 9.87. The van der Waals surface area contributed by atoms with Gasteiger partial charge in [0.2, 0.25) is 5.91 Å². The lowest BCUT2D eigenvalue weighted by Gasteiger charge is -2.46. The first-order valence-electron chi connectivity index (χ1n) is 10.3. The summed E-state index contributed by atoms with van der Waals surface area (Å²) in [7, 11) is 0. The minimum absolute atomic E-state index is 0.0514. The molecule has 1 unspecified atom stereocenters. The van der Waals surface area contributed by atoms with E-state index in [-0.39, 0.29) is 24.3 Å². The largest absolute Gasteiger partial charge is 0.369 e. The third-order valence-corrected chi connectivity index (χ3v) is 5.92. The van der Waals surface area contributed by atoms with Crippen molar-refractivity contribution in [3.63, 3.8) is 0 Å². The normalized spacial score (nSPS) is 18.7. The molecule has 0 radical (unpaired) electrons. The van der Waals surface area contributed by atoms with Gasteiger partial charge in [-0.3, -0.25) is 9.59 Å². The number of carbonyl (C=O) groups is 2. The van der Waals surface area contributed by atoms with Gasteiger partial charge in [-0.25, -0.2) is 0 Å². The van der Waals surface area contributed by atoms with E-state index >= 15 is 0 Å². The quantitative estimate of drug-likeness (QED) is 0.732. The van der Waals surface area contributed by atoms with E-state index in [1.165, 1.54) is 0 Å². The molecule has 0 aromatic heterocycles. The molecule has 152 valence electrons. The number of para-hydroxylation sites is 2. The Bertz CT molecular complexity index is 877. The standard InChI is InChI=1S/C23H28N4O2/c1-17(18-7-3-2-4-8-18)25-21(28)11-16-27-20-10-6-5-9-19(20)26-23(22(27)29)12-14-24-15-13-23/h2-10,17,24,26H,11-16H2,1H3,(H,25,28). The maximum absolute atomic E-state index is 13.4. The van der Waals surface area contributed by atoms with Crippen LogP contribution in [0.25, 0.3) is 0 Å². The van der Waals surface area contributed by atoms with Gasteiger partial charge in [-0.1, -0.05) is 42.5 Å². The molecule has 2 aliphatic rings. The van der Waals surface area contributed by atoms with Gasteiger partial charge < -0.3 is 20.9 Å². The molecule has 3 N–H and O–H groups in total. The molecule has 2 aliphatic heterocycles. The van der Waals surface area contributed by atoms with Crippen LogP contribution in [-0.2, 0) is 9.59 Å². The van der Waals surface area contributed by atoms with E-state index in [9.17, 15) is 9.59 Å². The fraction of sp³-hybridized carbons (Fsp3) is 0.391. The van der Waals surface area contributed by atoms with Crippen LogP contribution in [0.4, 0.5) is 11.4 Å². The molecule has 1 saturated heterocycles. The van der Waals surface area contributed by atoms with Crippen LogP contribution in [0.5, 0.6) is 0 Å². The van der Waals surface area contributed by atoms with Crippen molar-refractivity contribution in [2.45, 2.75) is 37.8 Å². The predicted octanol–water partition coefficient (Wildman–Crippen LogP) is 2.83. The lowest BCUT2D eigenvalue weighted by atomic mass is 9.84. The molecular formula is C23H28N4O2. The number of anilines is 2. The summed E-state index contributed by atoms with van der Waals surface area (Å²) in [6.45, 7) is 3.97. The number of amides is 2. The van der Waals surface area contributed by atoms with Gasteiger partial charge in [0.25, 0.3) is 5.91 Å². The summed E-state index contributed by atoms with van der Waals surface area (Å²) in [4.78, 5) is 27.8. The highest BCUT2D eigenvalue weighted by Gasteiger charge is 2.46. The molecule has 1 spiro atoms. The molecule has 2 heterocycles. The van der Waals surface area contributed by atoms with Crippen molar-refractivity contribution in [1.29, 1.82) is 0 Å². The zero-order valence-electron chi connectivity index (χ0n) is 16.8. The van der Waals surface area contributed by atoms with Gasteiger partial charge in [0.1, 0.15) is 5.54 Å². The summed E-state index contributed by atoms with van der Waals surface area (Å²) < 4.78 is 0. The molecule has 2 aromatic rings. The molecule has 0 saturated carbocycles. The average molecular weight is 393 g/mol. The van der Waals surface area contributed by atoms with Gasteiger partial charge in [-0.2, -0.15) is 0 Å². The second-order valence-corrected chi connectivity index (χ2v) is 7.88. The maximum atomic E-state index is 13.4. The third-order valence-electron chi connectivity index (χ3n) is 5.92. The molecule has 6 nitrogen and oxygen atoms in total. The number of fused-ring (bicyclic) bond motifs is 1. The number of rotatable bonds is 5. The van der Waals surface area contributed by atoms with Crippen molar-refractivity contribution < 1.29 is 9.59 Å². The minimum Gasteiger partial charge on any atom is -0.369 e. The summed E-state index contributed by atoms with van der Waals surface area (Å²) in [5.74, 6) is 0.0196. The lowest BCUT2D eigenvalue weighted by molar-refractivity contribution is -0.124. The SMILES string of the molecule is CC(NC(=O)CCN1C(=O)C2(CCNCC2)Nc2ccccc21)c1ccccc1. The van der Waals surface area contributed by atoms with Gasteiger partial charge in [0.05, 0.1) is 17.4 Å². The summed E-state index contributed by atoms with van der Waals surface area (Å²) in [6.07, 6.45) is 1.76. The van der Waals surface area contributed by atoms with Gasteiger partial charge in [-0.05, 0) is 50.6 Å². The van der Waals surface area contributed by atoms with Crippen LogP contribution in [0.2, 0.25) is 0 Å². The van der Waals surface area contributed by atoms with Crippen molar-refractivity contribution >= 4 is 23.2 Å². The number of nitrogens with zero attached hydrogens (tertiary/aromatic N) is 1. The van der Waals surface area contributed by atoms with Crippen LogP contribution in [0.1, 0.15) is 37.8 Å². The Hall–Kier alpha value is -2.86. The molecule has 1 fully saturated rings. The fourth-order valence-electron chi connectivity index (χ4n) is 4.26. The zero-order chi connectivity index (χ0) is 20.3. The summed E-state index contributed by atoms with van der Waals surface area (Å²) in [6, 6.07) is 17.7. The van der Waals surface area contributed by atoms with Gasteiger partial charge >= 0.3 is 0 Å². The van der Waals surface area contributed by atoms with E-state index in [4.69, 9.17) is 0 Å². The van der Waals surface area contributed by atoms with E-state index in [0.717, 1.165) is 42.9 Å². The number of hydrogen-bond donors (Lipinski definition) is 3. The van der Waals surface area contributed by atoms with Crippen LogP contribution in [-0.4, -0.2) is 37.0 Å². The topological polar surface area (TPSA) is 73.5 Å². The highest BCUT2D eigenvalue weighted by atomic mass is 16.2. The summed E-state index contributed by atoms with van der Waals surface area (Å²) in [5.41, 5.74) is 2.31. The Labute approximate surface area is 171 Å². The zero-order valence-corrected chi connectivity index (χ0v) is 16.8. The Morgan fingerprint density at radius 2 is 1.79 bits per heavy atom. The number of nitrogens with one attached hydrogen (secondary N) is 3. The van der Waals surface area contributed by atoms with Gasteiger partial charge in [-0.15, -0.1) is 0 Å². The number of piperidine rings is 1. The Balaban J connectivity index is 1.46. The van der Waals surface area contributed by atoms with Crippen molar-refractivity contribution in [2.75, 3.05) is 29.9 Å². The average Bonchev–Trinajstić information content (AvgIpc) is 2.75. The Kier molecular flexibility index (Phi) is 5.53. The molecule has 2 amide bonds. The van der Waals surface area contributed by atoms with E-state index in [2.05, 4.69) is 16.0 Å². The number of hydrogen-bond acceptors (Lipinski definition) is 4. The smallest absolute Gasteiger partial charge is 0.252 e. The van der Waals surface area contributed by atoms with Crippen LogP contribution in [0, 0.1) is 0 Å². The minimum atomic E-state index is -0.576. The first-order valence-corrected chi connectivity index (χ1v) is 10.3. The van der Waals surface area contributed by atoms with Crippen molar-refractivity contribution in [3.05, 3.63) is 60.2 Å². The molecule has 0 bridgehead atoms. The van der Waals surface area contributed by atoms with E-state index in [0.29, 0.717) is 6.54 Å². The Morgan fingerprint density at radius 3 is 2.55 bits per heavy atom. The molecule has 1 atom stereocenters. The van der Waals surface area contributed by atoms with Crippen LogP contribution < -0.4 is 20.9 Å². The van der Waals surface area contributed by atoms with E-state index in [1.54, 1.807) is 4.90 Å². The number of carbonyl (C=O) groups excluding carboxylic acids is 2. The molecule has 2 aromatic carbocycles. The fourth-order valence-corrected chi connectivity index (χ4v) is 4.26. The second-order valence-electron chi connectivity index (χ2n) is 7.88. The highest BCUT2D eigenvalue weighted by Crippen LogP contribution is 2.38. The van der Waals surface area contributed by atoms with Crippen LogP contribution in [0.3, 0.4) is 0 Å². The third kappa shape index (κ3) is 3.98. The molecular weight excluding hydrogens is 364 g/mol. The molecule has 0 aliphatic carbocycles. The van der Waals surface area contributed by atoms with Crippen molar-refractivity contribution in [2.24, 2.45) is 0 Å². The molecule has 4 rings (SSSR count).